The van der Waals surface area contributed by atoms with Crippen LogP contribution >= 0.6 is 0 Å². The van der Waals surface area contributed by atoms with Crippen molar-refractivity contribution in [1.82, 2.24) is 19.8 Å². The molecule has 0 bridgehead atoms. The first-order chi connectivity index (χ1) is 9.62. The smallest absolute Gasteiger partial charge is 0.0946 e. The summed E-state index contributed by atoms with van der Waals surface area (Å²) in [5.74, 6) is 0. The van der Waals surface area contributed by atoms with Gasteiger partial charge >= 0.3 is 0 Å². The summed E-state index contributed by atoms with van der Waals surface area (Å²) in [4.78, 5) is 6.56. The number of aromatic nitrogens is 2. The highest BCUT2D eigenvalue weighted by molar-refractivity contribution is 4.92. The molecule has 0 aromatic carbocycles. The zero-order chi connectivity index (χ0) is 14.4. The number of likely N-dealkylation sites (N-methyl/N-ethyl adjacent to an activating group) is 1. The zero-order valence-electron chi connectivity index (χ0n) is 13.3. The Morgan fingerprint density at radius 3 is 2.50 bits per heavy atom. The number of hydrogen-bond donors (Lipinski definition) is 1. The Morgan fingerprint density at radius 2 is 1.95 bits per heavy atom. The molecule has 0 saturated heterocycles. The molecule has 1 aliphatic rings. The van der Waals surface area contributed by atoms with Crippen molar-refractivity contribution in [2.75, 3.05) is 20.6 Å². The maximum atomic E-state index is 4.11. The number of imidazole rings is 1. The van der Waals surface area contributed by atoms with Crippen LogP contribution in [0.2, 0.25) is 0 Å². The van der Waals surface area contributed by atoms with Crippen LogP contribution in [0.4, 0.5) is 0 Å². The highest BCUT2D eigenvalue weighted by Gasteiger charge is 2.33. The normalized spacial score (nSPS) is 20.8. The standard InChI is InChI=1S/C16H30N4/c1-15(12-20-11-10-17-14-20)18-13-16(19(2)3)8-6-4-5-7-9-16/h10-11,14-15,18H,4-9,12-13H2,1-3H3. The lowest BCUT2D eigenvalue weighted by Gasteiger charge is -2.40. The fraction of sp³-hybridized carbons (Fsp3) is 0.812. The molecule has 1 unspecified atom stereocenters. The van der Waals surface area contributed by atoms with E-state index in [2.05, 4.69) is 40.8 Å². The van der Waals surface area contributed by atoms with E-state index in [9.17, 15) is 0 Å². The first kappa shape index (κ1) is 15.5. The average molecular weight is 278 g/mol. The van der Waals surface area contributed by atoms with Gasteiger partial charge in [-0.3, -0.25) is 0 Å². The molecule has 1 atom stereocenters. The molecular formula is C16H30N4. The fourth-order valence-corrected chi connectivity index (χ4v) is 3.31. The number of hydrogen-bond acceptors (Lipinski definition) is 3. The lowest BCUT2D eigenvalue weighted by atomic mass is 9.88. The maximum absolute atomic E-state index is 4.11. The SMILES string of the molecule is CC(Cn1ccnc1)NCC1(N(C)C)CCCCCC1. The summed E-state index contributed by atoms with van der Waals surface area (Å²) < 4.78 is 2.15. The number of nitrogens with zero attached hydrogens (tertiary/aromatic N) is 3. The van der Waals surface area contributed by atoms with Crippen molar-refractivity contribution >= 4 is 0 Å². The molecule has 0 radical (unpaired) electrons. The van der Waals surface area contributed by atoms with E-state index in [4.69, 9.17) is 0 Å². The number of nitrogens with one attached hydrogen (secondary N) is 1. The Bertz CT molecular complexity index is 364. The van der Waals surface area contributed by atoms with Crippen LogP contribution < -0.4 is 5.32 Å². The molecule has 0 amide bonds. The van der Waals surface area contributed by atoms with Gasteiger partial charge in [0.1, 0.15) is 0 Å². The highest BCUT2D eigenvalue weighted by atomic mass is 15.2. The van der Waals surface area contributed by atoms with Crippen LogP contribution in [0.5, 0.6) is 0 Å². The Kier molecular flexibility index (Phi) is 5.61. The molecule has 114 valence electrons. The molecule has 1 aliphatic carbocycles. The molecule has 1 heterocycles. The Hall–Kier alpha value is -0.870. The summed E-state index contributed by atoms with van der Waals surface area (Å²) in [6.45, 7) is 4.35. The summed E-state index contributed by atoms with van der Waals surface area (Å²) in [5, 5.41) is 3.75. The fourth-order valence-electron chi connectivity index (χ4n) is 3.31. The topological polar surface area (TPSA) is 33.1 Å². The molecular weight excluding hydrogens is 248 g/mol. The first-order valence-corrected chi connectivity index (χ1v) is 7.99. The summed E-state index contributed by atoms with van der Waals surface area (Å²) in [5.41, 5.74) is 0.347. The van der Waals surface area contributed by atoms with Gasteiger partial charge in [-0.15, -0.1) is 0 Å². The third kappa shape index (κ3) is 4.06. The summed E-state index contributed by atoms with van der Waals surface area (Å²) in [6, 6.07) is 0.476. The molecule has 1 fully saturated rings. The average Bonchev–Trinajstić information content (AvgIpc) is 2.79. The molecule has 1 aromatic heterocycles. The van der Waals surface area contributed by atoms with Gasteiger partial charge in [0.15, 0.2) is 0 Å². The van der Waals surface area contributed by atoms with E-state index in [1.54, 1.807) is 0 Å². The predicted octanol–water partition coefficient (Wildman–Crippen LogP) is 2.52. The zero-order valence-corrected chi connectivity index (χ0v) is 13.3. The molecule has 1 saturated carbocycles. The molecule has 2 rings (SSSR count). The van der Waals surface area contributed by atoms with E-state index in [-0.39, 0.29) is 0 Å². The van der Waals surface area contributed by atoms with Gasteiger partial charge in [-0.2, -0.15) is 0 Å². The third-order valence-corrected chi connectivity index (χ3v) is 4.81. The first-order valence-electron chi connectivity index (χ1n) is 7.99. The van der Waals surface area contributed by atoms with Crippen LogP contribution in [0, 0.1) is 0 Å². The van der Waals surface area contributed by atoms with Crippen molar-refractivity contribution in [3.8, 4) is 0 Å². The van der Waals surface area contributed by atoms with E-state index in [1.165, 1.54) is 38.5 Å². The van der Waals surface area contributed by atoms with Crippen LogP contribution in [0.1, 0.15) is 45.4 Å². The second-order valence-corrected chi connectivity index (χ2v) is 6.57. The molecule has 20 heavy (non-hydrogen) atoms. The Morgan fingerprint density at radius 1 is 1.25 bits per heavy atom. The van der Waals surface area contributed by atoms with Gasteiger partial charge < -0.3 is 14.8 Å². The van der Waals surface area contributed by atoms with Crippen molar-refractivity contribution in [2.24, 2.45) is 0 Å². The van der Waals surface area contributed by atoms with E-state index < -0.39 is 0 Å². The van der Waals surface area contributed by atoms with E-state index in [0.29, 0.717) is 11.6 Å². The van der Waals surface area contributed by atoms with E-state index >= 15 is 0 Å². The van der Waals surface area contributed by atoms with Crippen molar-refractivity contribution in [1.29, 1.82) is 0 Å². The van der Waals surface area contributed by atoms with Crippen LogP contribution in [0.25, 0.3) is 0 Å². The van der Waals surface area contributed by atoms with Crippen LogP contribution in [0.3, 0.4) is 0 Å². The lowest BCUT2D eigenvalue weighted by Crippen LogP contribution is -2.53. The van der Waals surface area contributed by atoms with Gasteiger partial charge in [0.25, 0.3) is 0 Å². The second kappa shape index (κ2) is 7.23. The molecule has 1 aromatic rings. The van der Waals surface area contributed by atoms with Crippen molar-refractivity contribution < 1.29 is 0 Å². The van der Waals surface area contributed by atoms with Gasteiger partial charge in [-0.05, 0) is 33.9 Å². The van der Waals surface area contributed by atoms with Gasteiger partial charge in [0.05, 0.1) is 6.33 Å². The van der Waals surface area contributed by atoms with Crippen LogP contribution in [-0.4, -0.2) is 46.7 Å². The van der Waals surface area contributed by atoms with Crippen molar-refractivity contribution in [3.05, 3.63) is 18.7 Å². The summed E-state index contributed by atoms with van der Waals surface area (Å²) in [6.07, 6.45) is 14.0. The third-order valence-electron chi connectivity index (χ3n) is 4.81. The highest BCUT2D eigenvalue weighted by Crippen LogP contribution is 2.30. The predicted molar refractivity (Wildman–Crippen MR) is 83.8 cm³/mol. The minimum Gasteiger partial charge on any atom is -0.336 e. The van der Waals surface area contributed by atoms with Gasteiger partial charge in [-0.1, -0.05) is 25.7 Å². The van der Waals surface area contributed by atoms with Gasteiger partial charge in [-0.25, -0.2) is 4.98 Å². The summed E-state index contributed by atoms with van der Waals surface area (Å²) >= 11 is 0. The molecule has 4 heteroatoms. The maximum Gasteiger partial charge on any atom is 0.0946 e. The lowest BCUT2D eigenvalue weighted by molar-refractivity contribution is 0.122. The minimum absolute atomic E-state index is 0.347. The molecule has 0 aliphatic heterocycles. The van der Waals surface area contributed by atoms with Gasteiger partial charge in [0, 0.05) is 37.1 Å². The second-order valence-electron chi connectivity index (χ2n) is 6.57. The van der Waals surface area contributed by atoms with E-state index in [1.807, 2.05) is 18.7 Å². The Labute approximate surface area is 123 Å². The van der Waals surface area contributed by atoms with Crippen molar-refractivity contribution in [3.63, 3.8) is 0 Å². The number of rotatable bonds is 6. The minimum atomic E-state index is 0.347. The Balaban J connectivity index is 1.88. The van der Waals surface area contributed by atoms with E-state index in [0.717, 1.165) is 13.1 Å². The quantitative estimate of drug-likeness (QED) is 0.812. The molecule has 1 N–H and O–H groups in total. The van der Waals surface area contributed by atoms with Crippen LogP contribution in [-0.2, 0) is 6.54 Å². The van der Waals surface area contributed by atoms with Crippen molar-refractivity contribution in [2.45, 2.75) is 63.6 Å². The molecule has 4 nitrogen and oxygen atoms in total. The monoisotopic (exact) mass is 278 g/mol. The van der Waals surface area contributed by atoms with Gasteiger partial charge in [0.2, 0.25) is 0 Å². The summed E-state index contributed by atoms with van der Waals surface area (Å²) in [7, 11) is 4.49. The van der Waals surface area contributed by atoms with Crippen LogP contribution in [0.15, 0.2) is 18.7 Å². The molecule has 0 spiro atoms. The largest absolute Gasteiger partial charge is 0.336 e.